The van der Waals surface area contributed by atoms with Gasteiger partial charge < -0.3 is 5.11 Å². The average molecular weight is 303 g/mol. The molecule has 9 heteroatoms. The molecule has 1 saturated heterocycles. The standard InChI is InChI=1S/C11H14FN3O4S/c1-7-13-3-9(5-16)11(14-7)15-4-8(2-10(15)17)6-20(12,18)19/h3,8,16H,2,4-6H2,1H3. The Bertz CT molecular complexity index is 635. The molecule has 1 aromatic heterocycles. The molecule has 7 nitrogen and oxygen atoms in total. The molecule has 0 aliphatic carbocycles. The maximum Gasteiger partial charge on any atom is 0.302 e. The first-order valence-corrected chi connectivity index (χ1v) is 7.51. The van der Waals surface area contributed by atoms with Crippen LogP contribution in [-0.2, 0) is 21.6 Å². The monoisotopic (exact) mass is 303 g/mol. The van der Waals surface area contributed by atoms with E-state index in [1.807, 2.05) is 0 Å². The van der Waals surface area contributed by atoms with Gasteiger partial charge in [0.25, 0.3) is 0 Å². The van der Waals surface area contributed by atoms with Crippen molar-refractivity contribution in [1.82, 2.24) is 9.97 Å². The third kappa shape index (κ3) is 3.28. The zero-order chi connectivity index (χ0) is 14.9. The molecule has 1 unspecified atom stereocenters. The van der Waals surface area contributed by atoms with Gasteiger partial charge in [-0.25, -0.2) is 9.97 Å². The highest BCUT2D eigenvalue weighted by molar-refractivity contribution is 7.86. The number of hydrogen-bond donors (Lipinski definition) is 1. The number of aliphatic hydroxyl groups excluding tert-OH is 1. The molecule has 1 aromatic rings. The molecular weight excluding hydrogens is 289 g/mol. The lowest BCUT2D eigenvalue weighted by Crippen LogP contribution is -2.28. The van der Waals surface area contributed by atoms with Crippen molar-refractivity contribution in [2.45, 2.75) is 20.0 Å². The van der Waals surface area contributed by atoms with Gasteiger partial charge in [0.05, 0.1) is 12.4 Å². The Kier molecular flexibility index (Phi) is 4.00. The molecule has 2 rings (SSSR count). The summed E-state index contributed by atoms with van der Waals surface area (Å²) in [6, 6.07) is 0. The van der Waals surface area contributed by atoms with Gasteiger partial charge in [0.1, 0.15) is 11.6 Å². The van der Waals surface area contributed by atoms with Gasteiger partial charge in [0.15, 0.2) is 0 Å². The van der Waals surface area contributed by atoms with Gasteiger partial charge in [-0.2, -0.15) is 8.42 Å². The predicted octanol–water partition coefficient (Wildman–Crippen LogP) is -0.0705. The van der Waals surface area contributed by atoms with Crippen molar-refractivity contribution >= 4 is 21.9 Å². The molecule has 1 aliphatic heterocycles. The Balaban J connectivity index is 2.26. The van der Waals surface area contributed by atoms with Crippen molar-refractivity contribution < 1.29 is 22.2 Å². The fraction of sp³-hybridized carbons (Fsp3) is 0.545. The van der Waals surface area contributed by atoms with E-state index in [1.165, 1.54) is 11.1 Å². The summed E-state index contributed by atoms with van der Waals surface area (Å²) in [5, 5.41) is 9.23. The Morgan fingerprint density at radius 3 is 2.85 bits per heavy atom. The molecule has 0 aromatic carbocycles. The quantitative estimate of drug-likeness (QED) is 0.781. The number of aryl methyl sites for hydroxylation is 1. The Morgan fingerprint density at radius 1 is 1.55 bits per heavy atom. The van der Waals surface area contributed by atoms with E-state index in [-0.39, 0.29) is 31.3 Å². The van der Waals surface area contributed by atoms with E-state index < -0.39 is 21.9 Å². The van der Waals surface area contributed by atoms with Gasteiger partial charge in [-0.05, 0) is 6.92 Å². The fourth-order valence-electron chi connectivity index (χ4n) is 2.21. The molecule has 1 amide bonds. The van der Waals surface area contributed by atoms with Crippen LogP contribution in [0.1, 0.15) is 17.8 Å². The van der Waals surface area contributed by atoms with Crippen LogP contribution in [0, 0.1) is 12.8 Å². The third-order valence-electron chi connectivity index (χ3n) is 3.03. The van der Waals surface area contributed by atoms with Crippen LogP contribution in [0.3, 0.4) is 0 Å². The van der Waals surface area contributed by atoms with Crippen LogP contribution in [0.2, 0.25) is 0 Å². The maximum absolute atomic E-state index is 12.7. The lowest BCUT2D eigenvalue weighted by molar-refractivity contribution is -0.117. The van der Waals surface area contributed by atoms with Gasteiger partial charge in [0.2, 0.25) is 5.91 Å². The number of anilines is 1. The topological polar surface area (TPSA) is 100 Å². The average Bonchev–Trinajstić information content (AvgIpc) is 2.67. The molecule has 2 heterocycles. The van der Waals surface area contributed by atoms with Crippen LogP contribution in [0.4, 0.5) is 9.70 Å². The van der Waals surface area contributed by atoms with Gasteiger partial charge in [0, 0.05) is 30.6 Å². The van der Waals surface area contributed by atoms with E-state index in [4.69, 9.17) is 0 Å². The van der Waals surface area contributed by atoms with Crippen LogP contribution >= 0.6 is 0 Å². The van der Waals surface area contributed by atoms with Gasteiger partial charge in [-0.1, -0.05) is 0 Å². The van der Waals surface area contributed by atoms with Crippen molar-refractivity contribution in [1.29, 1.82) is 0 Å². The first kappa shape index (κ1) is 14.8. The molecule has 20 heavy (non-hydrogen) atoms. The number of rotatable bonds is 4. The van der Waals surface area contributed by atoms with E-state index in [0.717, 1.165) is 0 Å². The summed E-state index contributed by atoms with van der Waals surface area (Å²) < 4.78 is 34.0. The smallest absolute Gasteiger partial charge is 0.302 e. The summed E-state index contributed by atoms with van der Waals surface area (Å²) in [6.07, 6.45) is 1.35. The van der Waals surface area contributed by atoms with Crippen molar-refractivity contribution in [3.05, 3.63) is 17.6 Å². The van der Waals surface area contributed by atoms with Crippen LogP contribution in [-0.4, -0.2) is 41.7 Å². The summed E-state index contributed by atoms with van der Waals surface area (Å²) >= 11 is 0. The van der Waals surface area contributed by atoms with Gasteiger partial charge in [-0.3, -0.25) is 9.69 Å². The number of hydrogen-bond acceptors (Lipinski definition) is 6. The van der Waals surface area contributed by atoms with Gasteiger partial charge in [-0.15, -0.1) is 3.89 Å². The fourth-order valence-corrected chi connectivity index (χ4v) is 2.99. The summed E-state index contributed by atoms with van der Waals surface area (Å²) in [6.45, 7) is 1.35. The normalized spacial score (nSPS) is 19.6. The van der Waals surface area contributed by atoms with E-state index in [2.05, 4.69) is 9.97 Å². The lowest BCUT2D eigenvalue weighted by atomic mass is 10.1. The third-order valence-corrected chi connectivity index (χ3v) is 3.90. The SMILES string of the molecule is Cc1ncc(CO)c(N2CC(CS(=O)(=O)F)CC2=O)n1. The van der Waals surface area contributed by atoms with Crippen LogP contribution < -0.4 is 4.90 Å². The predicted molar refractivity (Wildman–Crippen MR) is 68.0 cm³/mol. The summed E-state index contributed by atoms with van der Waals surface area (Å²) in [7, 11) is -4.62. The first-order chi connectivity index (χ1) is 9.30. The highest BCUT2D eigenvalue weighted by atomic mass is 32.3. The highest BCUT2D eigenvalue weighted by Gasteiger charge is 2.35. The lowest BCUT2D eigenvalue weighted by Gasteiger charge is -2.18. The second kappa shape index (κ2) is 5.41. The van der Waals surface area contributed by atoms with E-state index in [0.29, 0.717) is 11.4 Å². The largest absolute Gasteiger partial charge is 0.391 e. The molecule has 1 fully saturated rings. The first-order valence-electron chi connectivity index (χ1n) is 5.96. The Morgan fingerprint density at radius 2 is 2.25 bits per heavy atom. The summed E-state index contributed by atoms with van der Waals surface area (Å²) in [5.74, 6) is -0.964. The number of amides is 1. The minimum Gasteiger partial charge on any atom is -0.391 e. The van der Waals surface area contributed by atoms with E-state index >= 15 is 0 Å². The van der Waals surface area contributed by atoms with Gasteiger partial charge >= 0.3 is 10.2 Å². The number of nitrogens with zero attached hydrogens (tertiary/aromatic N) is 3. The number of aliphatic hydroxyl groups is 1. The summed E-state index contributed by atoms with van der Waals surface area (Å²) in [4.78, 5) is 21.2. The molecule has 1 aliphatic rings. The zero-order valence-corrected chi connectivity index (χ0v) is 11.6. The van der Waals surface area contributed by atoms with Crippen LogP contribution in [0.15, 0.2) is 6.20 Å². The maximum atomic E-state index is 12.7. The molecular formula is C11H14FN3O4S. The zero-order valence-electron chi connectivity index (χ0n) is 10.8. The number of carbonyl (C=O) groups is 1. The van der Waals surface area contributed by atoms with E-state index in [9.17, 15) is 22.2 Å². The van der Waals surface area contributed by atoms with E-state index in [1.54, 1.807) is 6.92 Å². The molecule has 110 valence electrons. The number of aromatic nitrogens is 2. The highest BCUT2D eigenvalue weighted by Crippen LogP contribution is 2.27. The second-order valence-corrected chi connectivity index (χ2v) is 6.12. The van der Waals surface area contributed by atoms with Crippen molar-refractivity contribution in [2.75, 3.05) is 17.2 Å². The van der Waals surface area contributed by atoms with Crippen LogP contribution in [0.5, 0.6) is 0 Å². The van der Waals surface area contributed by atoms with Crippen molar-refractivity contribution in [3.8, 4) is 0 Å². The summed E-state index contributed by atoms with van der Waals surface area (Å²) in [5.41, 5.74) is 0.368. The number of carbonyl (C=O) groups excluding carboxylic acids is 1. The van der Waals surface area contributed by atoms with Crippen LogP contribution in [0.25, 0.3) is 0 Å². The molecule has 0 bridgehead atoms. The molecule has 0 spiro atoms. The number of halogens is 1. The minimum atomic E-state index is -4.62. The molecule has 0 saturated carbocycles. The molecule has 0 radical (unpaired) electrons. The second-order valence-electron chi connectivity index (χ2n) is 4.70. The minimum absolute atomic E-state index is 0.0585. The molecule has 1 atom stereocenters. The van der Waals surface area contributed by atoms with Crippen molar-refractivity contribution in [2.24, 2.45) is 5.92 Å². The Hall–Kier alpha value is -1.61. The van der Waals surface area contributed by atoms with Crippen molar-refractivity contribution in [3.63, 3.8) is 0 Å². The molecule has 1 N–H and O–H groups in total. The Labute approximate surface area is 115 Å².